The molecule has 4 heterocycles. The molecule has 0 saturated carbocycles. The van der Waals surface area contributed by atoms with Gasteiger partial charge in [0.05, 0.1) is 11.2 Å². The predicted molar refractivity (Wildman–Crippen MR) is 115 cm³/mol. The zero-order valence-electron chi connectivity index (χ0n) is 15.7. The fourth-order valence-electron chi connectivity index (χ4n) is 4.12. The first-order chi connectivity index (χ1) is 13.7. The topological polar surface area (TPSA) is 30.4 Å². The van der Waals surface area contributed by atoms with E-state index in [-0.39, 0.29) is 0 Å². The van der Waals surface area contributed by atoms with Gasteiger partial charge in [0, 0.05) is 33.4 Å². The van der Waals surface area contributed by atoms with Crippen LogP contribution < -0.4 is 0 Å². The van der Waals surface area contributed by atoms with Gasteiger partial charge in [0.1, 0.15) is 5.58 Å². The van der Waals surface area contributed by atoms with Crippen molar-refractivity contribution < 1.29 is 4.42 Å². The molecule has 0 unspecified atom stereocenters. The summed E-state index contributed by atoms with van der Waals surface area (Å²) < 4.78 is 8.72. The van der Waals surface area contributed by atoms with Crippen LogP contribution in [0.15, 0.2) is 77.3 Å². The van der Waals surface area contributed by atoms with E-state index >= 15 is 0 Å². The van der Waals surface area contributed by atoms with Gasteiger partial charge in [0.25, 0.3) is 0 Å². The summed E-state index contributed by atoms with van der Waals surface area (Å²) in [7, 11) is 0. The van der Waals surface area contributed by atoms with Gasteiger partial charge in [-0.2, -0.15) is 0 Å². The fourth-order valence-corrected chi connectivity index (χ4v) is 4.12. The highest BCUT2D eigenvalue weighted by atomic mass is 16.3. The number of aromatic nitrogens is 2. The number of rotatable bonds is 1. The molecule has 28 heavy (non-hydrogen) atoms. The van der Waals surface area contributed by atoms with Crippen molar-refractivity contribution in [2.45, 2.75) is 13.8 Å². The van der Waals surface area contributed by atoms with Gasteiger partial charge < -0.3 is 4.42 Å². The van der Waals surface area contributed by atoms with E-state index in [1.54, 1.807) is 0 Å². The van der Waals surface area contributed by atoms with E-state index in [9.17, 15) is 0 Å². The zero-order chi connectivity index (χ0) is 18.8. The molecular weight excluding hydrogens is 344 g/mol. The molecule has 0 aliphatic rings. The van der Waals surface area contributed by atoms with E-state index in [0.29, 0.717) is 0 Å². The summed E-state index contributed by atoms with van der Waals surface area (Å²) in [6.07, 6.45) is 1.93. The predicted octanol–water partition coefficient (Wildman–Crippen LogP) is 6.67. The molecule has 0 radical (unpaired) electrons. The summed E-state index contributed by atoms with van der Waals surface area (Å²) in [6, 6.07) is 23.4. The van der Waals surface area contributed by atoms with Gasteiger partial charge >= 0.3 is 0 Å². The molecule has 0 aliphatic carbocycles. The standard InChI is InChI=1S/C25H18N2O/c1-15-12-22(26-14-16(15)2)21-8-5-7-19-20-11-10-18-13-17-6-3-4-9-23(17)27(18)25(20)28-24(19)21/h3-14H,1-2H3. The van der Waals surface area contributed by atoms with Crippen LogP contribution in [0.25, 0.3) is 49.7 Å². The first kappa shape index (κ1) is 15.5. The van der Waals surface area contributed by atoms with Gasteiger partial charge in [0.15, 0.2) is 0 Å². The summed E-state index contributed by atoms with van der Waals surface area (Å²) in [4.78, 5) is 4.67. The van der Waals surface area contributed by atoms with Crippen LogP contribution in [0.2, 0.25) is 0 Å². The molecule has 134 valence electrons. The Morgan fingerprint density at radius 3 is 2.61 bits per heavy atom. The molecule has 0 N–H and O–H groups in total. The Morgan fingerprint density at radius 2 is 1.71 bits per heavy atom. The number of furan rings is 1. The van der Waals surface area contributed by atoms with Crippen LogP contribution in [0.5, 0.6) is 0 Å². The van der Waals surface area contributed by atoms with E-state index < -0.39 is 0 Å². The minimum Gasteiger partial charge on any atom is -0.438 e. The molecule has 3 nitrogen and oxygen atoms in total. The summed E-state index contributed by atoms with van der Waals surface area (Å²) in [5.74, 6) is 0. The van der Waals surface area contributed by atoms with Gasteiger partial charge in [0.2, 0.25) is 5.71 Å². The third-order valence-electron chi connectivity index (χ3n) is 5.75. The summed E-state index contributed by atoms with van der Waals surface area (Å²) >= 11 is 0. The molecule has 6 rings (SSSR count). The van der Waals surface area contributed by atoms with E-state index in [2.05, 4.69) is 90.0 Å². The Hall–Kier alpha value is -3.59. The molecule has 6 aromatic rings. The second-order valence-corrected chi connectivity index (χ2v) is 7.45. The molecule has 0 bridgehead atoms. The van der Waals surface area contributed by atoms with Gasteiger partial charge in [-0.05, 0) is 61.4 Å². The van der Waals surface area contributed by atoms with E-state index in [1.807, 2.05) is 6.20 Å². The van der Waals surface area contributed by atoms with Crippen LogP contribution in [0.1, 0.15) is 11.1 Å². The Kier molecular flexibility index (Phi) is 3.01. The SMILES string of the molecule is Cc1cnc(-c2cccc3c2oc2c3ccc3cc4ccccc4n32)cc1C. The lowest BCUT2D eigenvalue weighted by molar-refractivity contribution is 0.651. The number of hydrogen-bond donors (Lipinski definition) is 0. The highest BCUT2D eigenvalue weighted by molar-refractivity contribution is 6.10. The van der Waals surface area contributed by atoms with Gasteiger partial charge in [-0.3, -0.25) is 9.38 Å². The third kappa shape index (κ3) is 2.01. The third-order valence-corrected chi connectivity index (χ3v) is 5.75. The quantitative estimate of drug-likeness (QED) is 0.327. The first-order valence-corrected chi connectivity index (χ1v) is 9.49. The lowest BCUT2D eigenvalue weighted by atomic mass is 10.0. The van der Waals surface area contributed by atoms with E-state index in [0.717, 1.165) is 44.4 Å². The highest BCUT2D eigenvalue weighted by Gasteiger charge is 2.16. The van der Waals surface area contributed by atoms with E-state index in [1.165, 1.54) is 16.5 Å². The Balaban J connectivity index is 1.75. The highest BCUT2D eigenvalue weighted by Crippen LogP contribution is 2.37. The molecule has 2 aromatic carbocycles. The molecule has 4 aromatic heterocycles. The summed E-state index contributed by atoms with van der Waals surface area (Å²) in [5, 5.41) is 3.45. The number of hydrogen-bond acceptors (Lipinski definition) is 2. The molecule has 0 fully saturated rings. The van der Waals surface area contributed by atoms with E-state index in [4.69, 9.17) is 4.42 Å². The molecule has 0 amide bonds. The maximum Gasteiger partial charge on any atom is 0.213 e. The Morgan fingerprint density at radius 1 is 0.821 bits per heavy atom. The normalized spacial score (nSPS) is 11.9. The maximum atomic E-state index is 6.51. The average molecular weight is 362 g/mol. The van der Waals surface area contributed by atoms with Crippen LogP contribution in [0.3, 0.4) is 0 Å². The monoisotopic (exact) mass is 362 g/mol. The zero-order valence-corrected chi connectivity index (χ0v) is 15.7. The Labute approximate surface area is 161 Å². The lowest BCUT2D eigenvalue weighted by Crippen LogP contribution is -1.88. The fraction of sp³-hybridized carbons (Fsp3) is 0.0800. The average Bonchev–Trinajstić information content (AvgIpc) is 3.27. The van der Waals surface area contributed by atoms with Crippen LogP contribution in [-0.2, 0) is 0 Å². The summed E-state index contributed by atoms with van der Waals surface area (Å²) in [6.45, 7) is 4.20. The minimum absolute atomic E-state index is 0.880. The molecule has 3 heteroatoms. The molecule has 0 aliphatic heterocycles. The number of pyridine rings is 2. The lowest BCUT2D eigenvalue weighted by Gasteiger charge is -2.05. The Bertz CT molecular complexity index is 1530. The van der Waals surface area contributed by atoms with Crippen molar-refractivity contribution in [3.63, 3.8) is 0 Å². The van der Waals surface area contributed by atoms with Crippen molar-refractivity contribution in [1.82, 2.24) is 9.38 Å². The van der Waals surface area contributed by atoms with Gasteiger partial charge in [-0.15, -0.1) is 0 Å². The van der Waals surface area contributed by atoms with Crippen molar-refractivity contribution in [2.24, 2.45) is 0 Å². The molecular formula is C25H18N2O. The number of fused-ring (bicyclic) bond motifs is 7. The van der Waals surface area contributed by atoms with Crippen molar-refractivity contribution in [1.29, 1.82) is 0 Å². The van der Waals surface area contributed by atoms with Crippen molar-refractivity contribution >= 4 is 38.5 Å². The molecule has 0 atom stereocenters. The van der Waals surface area contributed by atoms with Gasteiger partial charge in [-0.25, -0.2) is 0 Å². The first-order valence-electron chi connectivity index (χ1n) is 9.49. The van der Waals surface area contributed by atoms with Crippen LogP contribution in [-0.4, -0.2) is 9.38 Å². The number of para-hydroxylation sites is 2. The van der Waals surface area contributed by atoms with Crippen molar-refractivity contribution in [3.05, 3.63) is 84.1 Å². The maximum absolute atomic E-state index is 6.51. The van der Waals surface area contributed by atoms with Crippen molar-refractivity contribution in [3.8, 4) is 11.3 Å². The molecule has 0 saturated heterocycles. The van der Waals surface area contributed by atoms with Crippen LogP contribution >= 0.6 is 0 Å². The summed E-state index contributed by atoms with van der Waals surface area (Å²) in [5.41, 5.74) is 8.47. The van der Waals surface area contributed by atoms with Crippen LogP contribution in [0.4, 0.5) is 0 Å². The second-order valence-electron chi connectivity index (χ2n) is 7.45. The number of aryl methyl sites for hydroxylation is 2. The van der Waals surface area contributed by atoms with Gasteiger partial charge in [-0.1, -0.05) is 30.3 Å². The minimum atomic E-state index is 0.880. The number of benzene rings is 2. The smallest absolute Gasteiger partial charge is 0.213 e. The molecule has 0 spiro atoms. The van der Waals surface area contributed by atoms with Crippen molar-refractivity contribution in [2.75, 3.05) is 0 Å². The second kappa shape index (κ2) is 5.46. The van der Waals surface area contributed by atoms with Crippen LogP contribution in [0, 0.1) is 13.8 Å². The largest absolute Gasteiger partial charge is 0.438 e. The number of nitrogens with zero attached hydrogens (tertiary/aromatic N) is 2.